The zero-order chi connectivity index (χ0) is 14.7. The minimum atomic E-state index is -0.397. The molecule has 5 nitrogen and oxygen atoms in total. The second-order valence-electron chi connectivity index (χ2n) is 4.29. The van der Waals surface area contributed by atoms with E-state index in [1.807, 2.05) is 0 Å². The number of rotatable bonds is 3. The third kappa shape index (κ3) is 3.14. The van der Waals surface area contributed by atoms with E-state index in [0.29, 0.717) is 17.8 Å². The summed E-state index contributed by atoms with van der Waals surface area (Å²) in [5.74, 6) is -0.397. The quantitative estimate of drug-likeness (QED) is 0.806. The summed E-state index contributed by atoms with van der Waals surface area (Å²) in [5.41, 5.74) is 1.91. The summed E-state index contributed by atoms with van der Waals surface area (Å²) in [6, 6.07) is 6.60. The van der Waals surface area contributed by atoms with E-state index < -0.39 is 5.97 Å². The van der Waals surface area contributed by atoms with Crippen molar-refractivity contribution in [3.63, 3.8) is 0 Å². The van der Waals surface area contributed by atoms with Gasteiger partial charge < -0.3 is 4.74 Å². The summed E-state index contributed by atoms with van der Waals surface area (Å²) in [6.07, 6.45) is 1.51. The molecule has 104 valence electrons. The Kier molecular flexibility index (Phi) is 4.34. The topological polar surface area (TPSA) is 61.2 Å². The summed E-state index contributed by atoms with van der Waals surface area (Å²) in [5, 5.41) is 0. The molecule has 1 aromatic heterocycles. The van der Waals surface area contributed by atoms with Gasteiger partial charge in [-0.2, -0.15) is 0 Å². The number of hydrogen-bond acceptors (Lipinski definition) is 4. The van der Waals surface area contributed by atoms with Gasteiger partial charge in [-0.25, -0.2) is 9.78 Å². The molecule has 0 N–H and O–H groups in total. The lowest BCUT2D eigenvalue weighted by atomic mass is 10.1. The summed E-state index contributed by atoms with van der Waals surface area (Å²) in [7, 11) is 1.34. The van der Waals surface area contributed by atoms with Crippen LogP contribution in [0.3, 0.4) is 0 Å². The van der Waals surface area contributed by atoms with E-state index >= 15 is 0 Å². The number of hydrogen-bond donors (Lipinski definition) is 0. The van der Waals surface area contributed by atoms with Crippen molar-refractivity contribution in [1.82, 2.24) is 9.55 Å². The van der Waals surface area contributed by atoms with Gasteiger partial charge in [0.25, 0.3) is 5.56 Å². The van der Waals surface area contributed by atoms with Gasteiger partial charge in [-0.15, -0.1) is 0 Å². The van der Waals surface area contributed by atoms with Gasteiger partial charge in [0, 0.05) is 16.2 Å². The first-order valence-electron chi connectivity index (χ1n) is 5.91. The fraction of sp³-hybridized carbons (Fsp3) is 0.214. The number of aromatic nitrogens is 2. The van der Waals surface area contributed by atoms with Crippen LogP contribution in [0.2, 0.25) is 0 Å². The number of ether oxygens (including phenoxy) is 1. The molecular formula is C14H13BrN2O3. The second-order valence-corrected chi connectivity index (χ2v) is 5.15. The van der Waals surface area contributed by atoms with E-state index in [4.69, 9.17) is 0 Å². The number of aryl methyl sites for hydroxylation is 1. The van der Waals surface area contributed by atoms with E-state index in [9.17, 15) is 9.59 Å². The Morgan fingerprint density at radius 3 is 2.75 bits per heavy atom. The first-order chi connectivity index (χ1) is 9.51. The molecule has 0 amide bonds. The van der Waals surface area contributed by atoms with Crippen molar-refractivity contribution in [3.8, 4) is 0 Å². The van der Waals surface area contributed by atoms with Crippen molar-refractivity contribution in [1.29, 1.82) is 0 Å². The Morgan fingerprint density at radius 2 is 2.15 bits per heavy atom. The van der Waals surface area contributed by atoms with Gasteiger partial charge in [0.2, 0.25) is 0 Å². The Labute approximate surface area is 124 Å². The molecule has 20 heavy (non-hydrogen) atoms. The first-order valence-corrected chi connectivity index (χ1v) is 6.70. The van der Waals surface area contributed by atoms with Crippen LogP contribution >= 0.6 is 15.9 Å². The Bertz CT molecular complexity index is 710. The lowest BCUT2D eigenvalue weighted by Crippen LogP contribution is -2.20. The molecule has 0 fully saturated rings. The lowest BCUT2D eigenvalue weighted by Gasteiger charge is -2.09. The molecule has 0 spiro atoms. The van der Waals surface area contributed by atoms with Crippen LogP contribution in [0, 0.1) is 6.92 Å². The van der Waals surface area contributed by atoms with Crippen molar-refractivity contribution >= 4 is 21.9 Å². The van der Waals surface area contributed by atoms with E-state index in [0.717, 1.165) is 10.0 Å². The summed E-state index contributed by atoms with van der Waals surface area (Å²) in [4.78, 5) is 27.3. The molecule has 0 aliphatic carbocycles. The monoisotopic (exact) mass is 336 g/mol. The van der Waals surface area contributed by atoms with Crippen molar-refractivity contribution in [2.45, 2.75) is 13.5 Å². The smallest absolute Gasteiger partial charge is 0.337 e. The van der Waals surface area contributed by atoms with Crippen molar-refractivity contribution < 1.29 is 9.53 Å². The molecule has 0 aliphatic rings. The molecule has 0 radical (unpaired) electrons. The van der Waals surface area contributed by atoms with Crippen molar-refractivity contribution in [2.75, 3.05) is 7.11 Å². The number of carbonyl (C=O) groups excluding carboxylic acids is 1. The molecule has 0 unspecified atom stereocenters. The number of carbonyl (C=O) groups is 1. The zero-order valence-electron chi connectivity index (χ0n) is 11.1. The molecule has 0 aliphatic heterocycles. The first kappa shape index (κ1) is 14.5. The largest absolute Gasteiger partial charge is 0.465 e. The van der Waals surface area contributed by atoms with Crippen LogP contribution in [-0.2, 0) is 11.3 Å². The third-order valence-electron chi connectivity index (χ3n) is 2.83. The highest BCUT2D eigenvalue weighted by atomic mass is 79.9. The highest BCUT2D eigenvalue weighted by Crippen LogP contribution is 2.19. The van der Waals surface area contributed by atoms with Gasteiger partial charge in [-0.3, -0.25) is 9.36 Å². The Balaban J connectivity index is 2.30. The normalized spacial score (nSPS) is 10.3. The maximum Gasteiger partial charge on any atom is 0.337 e. The van der Waals surface area contributed by atoms with Crippen LogP contribution in [0.4, 0.5) is 0 Å². The minimum Gasteiger partial charge on any atom is -0.465 e. The van der Waals surface area contributed by atoms with Gasteiger partial charge in [0.1, 0.15) is 0 Å². The number of nitrogens with zero attached hydrogens (tertiary/aromatic N) is 2. The Hall–Kier alpha value is -1.95. The molecule has 0 saturated heterocycles. The lowest BCUT2D eigenvalue weighted by molar-refractivity contribution is 0.0600. The summed E-state index contributed by atoms with van der Waals surface area (Å²) in [6.45, 7) is 2.15. The van der Waals surface area contributed by atoms with Gasteiger partial charge >= 0.3 is 5.97 Å². The average molecular weight is 337 g/mol. The maximum absolute atomic E-state index is 11.8. The van der Waals surface area contributed by atoms with Crippen molar-refractivity contribution in [2.24, 2.45) is 0 Å². The third-order valence-corrected chi connectivity index (χ3v) is 3.57. The molecule has 0 bridgehead atoms. The molecule has 0 saturated carbocycles. The van der Waals surface area contributed by atoms with Crippen LogP contribution < -0.4 is 5.56 Å². The minimum absolute atomic E-state index is 0.110. The van der Waals surface area contributed by atoms with Crippen LogP contribution in [-0.4, -0.2) is 22.6 Å². The molecule has 2 rings (SSSR count). The predicted octanol–water partition coefficient (Wildman–Crippen LogP) is 2.15. The number of benzene rings is 1. The predicted molar refractivity (Wildman–Crippen MR) is 77.8 cm³/mol. The highest BCUT2D eigenvalue weighted by Gasteiger charge is 2.09. The fourth-order valence-corrected chi connectivity index (χ4v) is 2.24. The summed E-state index contributed by atoms with van der Waals surface area (Å²) >= 11 is 3.40. The molecule has 0 atom stereocenters. The second kappa shape index (κ2) is 6.00. The maximum atomic E-state index is 11.8. The number of halogens is 1. The van der Waals surface area contributed by atoms with Crippen molar-refractivity contribution in [3.05, 3.63) is 62.2 Å². The van der Waals surface area contributed by atoms with Crippen LogP contribution in [0.1, 0.15) is 21.6 Å². The molecule has 1 aromatic carbocycles. The average Bonchev–Trinajstić information content (AvgIpc) is 2.42. The Morgan fingerprint density at radius 1 is 1.40 bits per heavy atom. The zero-order valence-corrected chi connectivity index (χ0v) is 12.7. The van der Waals surface area contributed by atoms with Gasteiger partial charge in [0.05, 0.1) is 25.5 Å². The van der Waals surface area contributed by atoms with E-state index in [1.54, 1.807) is 25.1 Å². The molecule has 1 heterocycles. The van der Waals surface area contributed by atoms with E-state index in [-0.39, 0.29) is 5.56 Å². The number of esters is 1. The molecule has 6 heteroatoms. The standard InChI is InChI=1S/C14H13BrN2O3/c1-9-5-13(18)17(8-16-9)7-11-4-3-10(6-12(11)15)14(19)20-2/h3-6,8H,7H2,1-2H3. The van der Waals surface area contributed by atoms with Crippen LogP contribution in [0.15, 0.2) is 39.9 Å². The molecule has 2 aromatic rings. The fourth-order valence-electron chi connectivity index (χ4n) is 1.74. The summed E-state index contributed by atoms with van der Waals surface area (Å²) < 4.78 is 6.90. The van der Waals surface area contributed by atoms with Crippen LogP contribution in [0.25, 0.3) is 0 Å². The van der Waals surface area contributed by atoms with Gasteiger partial charge in [-0.05, 0) is 24.6 Å². The highest BCUT2D eigenvalue weighted by molar-refractivity contribution is 9.10. The molecular weight excluding hydrogens is 324 g/mol. The van der Waals surface area contributed by atoms with E-state index in [1.165, 1.54) is 24.1 Å². The number of methoxy groups -OCH3 is 1. The van der Waals surface area contributed by atoms with Gasteiger partial charge in [-0.1, -0.05) is 22.0 Å². The SMILES string of the molecule is COC(=O)c1ccc(Cn2cnc(C)cc2=O)c(Br)c1. The van der Waals surface area contributed by atoms with Gasteiger partial charge in [0.15, 0.2) is 0 Å². The van der Waals surface area contributed by atoms with Crippen LogP contribution in [0.5, 0.6) is 0 Å². The van der Waals surface area contributed by atoms with E-state index in [2.05, 4.69) is 25.7 Å².